The van der Waals surface area contributed by atoms with Crippen LogP contribution in [0.3, 0.4) is 0 Å². The van der Waals surface area contributed by atoms with Gasteiger partial charge in [-0.1, -0.05) is 32.0 Å². The Bertz CT molecular complexity index is 655. The summed E-state index contributed by atoms with van der Waals surface area (Å²) in [6.45, 7) is 8.52. The molecule has 0 aliphatic heterocycles. The number of hydrogen-bond donors (Lipinski definition) is 1. The number of rotatable bonds is 1. The number of aryl methyl sites for hydroxylation is 2. The second-order valence-electron chi connectivity index (χ2n) is 6.70. The molecule has 1 heterocycles. The van der Waals surface area contributed by atoms with Gasteiger partial charge < -0.3 is 5.11 Å². The Morgan fingerprint density at radius 2 is 1.95 bits per heavy atom. The highest BCUT2D eigenvalue weighted by Gasteiger charge is 2.35. The molecule has 1 N–H and O–H groups in total. The lowest BCUT2D eigenvalue weighted by molar-refractivity contribution is 0.0981. The number of hydrogen-bond acceptors (Lipinski definition) is 2. The summed E-state index contributed by atoms with van der Waals surface area (Å²) in [7, 11) is 0. The molecule has 1 aromatic carbocycles. The molecule has 3 heteroatoms. The van der Waals surface area contributed by atoms with Crippen molar-refractivity contribution >= 4 is 0 Å². The van der Waals surface area contributed by atoms with E-state index in [1.54, 1.807) is 0 Å². The van der Waals surface area contributed by atoms with Gasteiger partial charge in [0.15, 0.2) is 0 Å². The van der Waals surface area contributed by atoms with Crippen LogP contribution >= 0.6 is 0 Å². The quantitative estimate of drug-likeness (QED) is 0.861. The zero-order valence-corrected chi connectivity index (χ0v) is 12.6. The molecule has 0 bridgehead atoms. The Morgan fingerprint density at radius 1 is 1.25 bits per heavy atom. The highest BCUT2D eigenvalue weighted by atomic mass is 16.3. The molecule has 0 spiro atoms. The van der Waals surface area contributed by atoms with E-state index < -0.39 is 6.10 Å². The molecule has 1 unspecified atom stereocenters. The lowest BCUT2D eigenvalue weighted by Gasteiger charge is -2.33. The normalized spacial score (nSPS) is 20.8. The van der Waals surface area contributed by atoms with Crippen molar-refractivity contribution < 1.29 is 5.11 Å². The molecule has 2 aromatic rings. The summed E-state index contributed by atoms with van der Waals surface area (Å²) in [6, 6.07) is 8.27. The topological polar surface area (TPSA) is 38.0 Å². The molecular weight excluding hydrogens is 248 g/mol. The van der Waals surface area contributed by atoms with Gasteiger partial charge in [-0.05, 0) is 43.7 Å². The van der Waals surface area contributed by atoms with Gasteiger partial charge in [-0.2, -0.15) is 5.10 Å². The first kappa shape index (κ1) is 13.4. The fourth-order valence-corrected chi connectivity index (χ4v) is 3.34. The summed E-state index contributed by atoms with van der Waals surface area (Å²) in [5, 5.41) is 15.1. The SMILES string of the molecule is Cc1ccccc1-n1nc(C)c2c1CC(C)(C)CC2O. The van der Waals surface area contributed by atoms with Crippen molar-refractivity contribution in [2.45, 2.75) is 46.6 Å². The number of para-hydroxylation sites is 1. The number of aliphatic hydroxyl groups is 1. The number of benzene rings is 1. The van der Waals surface area contributed by atoms with Gasteiger partial charge in [-0.15, -0.1) is 0 Å². The second kappa shape index (κ2) is 4.45. The molecule has 0 saturated heterocycles. The van der Waals surface area contributed by atoms with Crippen LogP contribution in [-0.4, -0.2) is 14.9 Å². The molecular formula is C17H22N2O. The van der Waals surface area contributed by atoms with Crippen LogP contribution in [0.15, 0.2) is 24.3 Å². The number of aliphatic hydroxyl groups excluding tert-OH is 1. The summed E-state index contributed by atoms with van der Waals surface area (Å²) in [6.07, 6.45) is 1.36. The van der Waals surface area contributed by atoms with Crippen LogP contribution < -0.4 is 0 Å². The molecule has 0 amide bonds. The lowest BCUT2D eigenvalue weighted by atomic mass is 9.75. The van der Waals surface area contributed by atoms with Crippen LogP contribution in [0.25, 0.3) is 5.69 Å². The van der Waals surface area contributed by atoms with Crippen LogP contribution in [0.2, 0.25) is 0 Å². The van der Waals surface area contributed by atoms with E-state index in [9.17, 15) is 5.11 Å². The van der Waals surface area contributed by atoms with E-state index in [0.29, 0.717) is 0 Å². The summed E-state index contributed by atoms with van der Waals surface area (Å²) in [5.74, 6) is 0. The van der Waals surface area contributed by atoms with Gasteiger partial charge in [0.25, 0.3) is 0 Å². The van der Waals surface area contributed by atoms with E-state index in [4.69, 9.17) is 5.10 Å². The van der Waals surface area contributed by atoms with E-state index in [-0.39, 0.29) is 5.41 Å². The fourth-order valence-electron chi connectivity index (χ4n) is 3.34. The molecule has 1 aromatic heterocycles. The summed E-state index contributed by atoms with van der Waals surface area (Å²) in [5.41, 5.74) is 5.58. The Balaban J connectivity index is 2.21. The van der Waals surface area contributed by atoms with E-state index in [0.717, 1.165) is 29.8 Å². The van der Waals surface area contributed by atoms with E-state index in [1.807, 2.05) is 23.7 Å². The van der Waals surface area contributed by atoms with Gasteiger partial charge >= 0.3 is 0 Å². The number of aromatic nitrogens is 2. The van der Waals surface area contributed by atoms with Gasteiger partial charge in [-0.3, -0.25) is 0 Å². The van der Waals surface area contributed by atoms with Crippen LogP contribution in [0.5, 0.6) is 0 Å². The number of fused-ring (bicyclic) bond motifs is 1. The molecule has 1 atom stereocenters. The van der Waals surface area contributed by atoms with Crippen molar-refractivity contribution in [3.8, 4) is 5.69 Å². The molecule has 1 aliphatic carbocycles. The van der Waals surface area contributed by atoms with Crippen molar-refractivity contribution in [1.29, 1.82) is 0 Å². The fraction of sp³-hybridized carbons (Fsp3) is 0.471. The molecule has 106 valence electrons. The zero-order chi connectivity index (χ0) is 14.5. The van der Waals surface area contributed by atoms with Crippen molar-refractivity contribution in [1.82, 2.24) is 9.78 Å². The monoisotopic (exact) mass is 270 g/mol. The van der Waals surface area contributed by atoms with Gasteiger partial charge in [0.05, 0.1) is 23.2 Å². The third-order valence-electron chi connectivity index (χ3n) is 4.28. The maximum atomic E-state index is 10.5. The molecule has 20 heavy (non-hydrogen) atoms. The Morgan fingerprint density at radius 3 is 2.65 bits per heavy atom. The molecule has 0 fully saturated rings. The summed E-state index contributed by atoms with van der Waals surface area (Å²) in [4.78, 5) is 0. The van der Waals surface area contributed by atoms with E-state index >= 15 is 0 Å². The lowest BCUT2D eigenvalue weighted by Crippen LogP contribution is -2.27. The standard InChI is InChI=1S/C17H22N2O/c1-11-7-5-6-8-13(11)19-14-9-17(3,4)10-15(20)16(14)12(2)18-19/h5-8,15,20H,9-10H2,1-4H3. The average molecular weight is 270 g/mol. The molecule has 0 saturated carbocycles. The van der Waals surface area contributed by atoms with Crippen molar-refractivity contribution in [3.05, 3.63) is 46.8 Å². The summed E-state index contributed by atoms with van der Waals surface area (Å²) >= 11 is 0. The third kappa shape index (κ3) is 2.06. The van der Waals surface area contributed by atoms with Gasteiger partial charge in [-0.25, -0.2) is 4.68 Å². The highest BCUT2D eigenvalue weighted by molar-refractivity contribution is 5.44. The largest absolute Gasteiger partial charge is 0.388 e. The minimum atomic E-state index is -0.397. The Hall–Kier alpha value is -1.61. The van der Waals surface area contributed by atoms with Crippen LogP contribution in [0.4, 0.5) is 0 Å². The molecule has 3 nitrogen and oxygen atoms in total. The van der Waals surface area contributed by atoms with Crippen molar-refractivity contribution in [2.24, 2.45) is 5.41 Å². The van der Waals surface area contributed by atoms with Gasteiger partial charge in [0.1, 0.15) is 0 Å². The predicted octanol–water partition coefficient (Wildman–Crippen LogP) is 3.49. The smallest absolute Gasteiger partial charge is 0.0831 e. The third-order valence-corrected chi connectivity index (χ3v) is 4.28. The van der Waals surface area contributed by atoms with Gasteiger partial charge in [0.2, 0.25) is 0 Å². The zero-order valence-electron chi connectivity index (χ0n) is 12.6. The van der Waals surface area contributed by atoms with Crippen LogP contribution in [-0.2, 0) is 6.42 Å². The minimum Gasteiger partial charge on any atom is -0.388 e. The minimum absolute atomic E-state index is 0.110. The van der Waals surface area contributed by atoms with Crippen molar-refractivity contribution in [3.63, 3.8) is 0 Å². The van der Waals surface area contributed by atoms with Crippen molar-refractivity contribution in [2.75, 3.05) is 0 Å². The molecule has 3 rings (SSSR count). The highest BCUT2D eigenvalue weighted by Crippen LogP contribution is 2.42. The average Bonchev–Trinajstić information content (AvgIpc) is 2.65. The van der Waals surface area contributed by atoms with E-state index in [1.165, 1.54) is 11.3 Å². The summed E-state index contributed by atoms with van der Waals surface area (Å²) < 4.78 is 2.03. The Labute approximate surface area is 120 Å². The Kier molecular flexibility index (Phi) is 2.98. The van der Waals surface area contributed by atoms with Crippen LogP contribution in [0.1, 0.15) is 48.9 Å². The first-order valence-electron chi connectivity index (χ1n) is 7.21. The van der Waals surface area contributed by atoms with Crippen LogP contribution in [0, 0.1) is 19.3 Å². The first-order valence-corrected chi connectivity index (χ1v) is 7.21. The second-order valence-corrected chi connectivity index (χ2v) is 6.70. The van der Waals surface area contributed by atoms with E-state index in [2.05, 4.69) is 32.9 Å². The predicted molar refractivity (Wildman–Crippen MR) is 80.1 cm³/mol. The maximum absolute atomic E-state index is 10.5. The number of nitrogens with zero attached hydrogens (tertiary/aromatic N) is 2. The van der Waals surface area contributed by atoms with Gasteiger partial charge in [0, 0.05) is 5.56 Å². The first-order chi connectivity index (χ1) is 9.39. The maximum Gasteiger partial charge on any atom is 0.0831 e. The molecule has 1 aliphatic rings. The molecule has 0 radical (unpaired) electrons.